The molecule has 0 fully saturated rings. The molecule has 1 atom stereocenters. The molecule has 0 aliphatic rings. The van der Waals surface area contributed by atoms with Crippen molar-refractivity contribution in [2.45, 2.75) is 18.9 Å². The molecule has 9 heteroatoms. The van der Waals surface area contributed by atoms with E-state index in [1.54, 1.807) is 0 Å². The molecule has 0 spiro atoms. The number of urea groups is 1. The second-order valence-electron chi connectivity index (χ2n) is 3.21. The molecule has 0 saturated heterocycles. The van der Waals surface area contributed by atoms with Gasteiger partial charge in [0.05, 0.1) is 11.8 Å². The molecule has 17 heavy (non-hydrogen) atoms. The fourth-order valence-electron chi connectivity index (χ4n) is 0.992. The summed E-state index contributed by atoms with van der Waals surface area (Å²) in [4.78, 5) is 31.9. The van der Waals surface area contributed by atoms with E-state index in [9.17, 15) is 14.5 Å². The summed E-state index contributed by atoms with van der Waals surface area (Å²) in [6.07, 6.45) is 0.631. The Hall–Kier alpha value is -1.41. The van der Waals surface area contributed by atoms with Crippen LogP contribution >= 0.6 is 11.6 Å². The van der Waals surface area contributed by atoms with E-state index in [-0.39, 0.29) is 25.4 Å². The van der Waals surface area contributed by atoms with Gasteiger partial charge in [0.25, 0.3) is 0 Å². The highest BCUT2D eigenvalue weighted by molar-refractivity contribution is 6.18. The molecule has 0 aliphatic heterocycles. The van der Waals surface area contributed by atoms with E-state index < -0.39 is 18.0 Å². The van der Waals surface area contributed by atoms with Crippen LogP contribution in [0.2, 0.25) is 0 Å². The van der Waals surface area contributed by atoms with Crippen molar-refractivity contribution < 1.29 is 14.7 Å². The maximum Gasteiger partial charge on any atom is 0.340 e. The van der Waals surface area contributed by atoms with Gasteiger partial charge in [-0.25, -0.2) is 4.79 Å². The lowest BCUT2D eigenvalue weighted by molar-refractivity contribution is -0.138. The first kappa shape index (κ1) is 15.6. The quantitative estimate of drug-likeness (QED) is 0.249. The van der Waals surface area contributed by atoms with E-state index in [2.05, 4.69) is 10.6 Å². The van der Waals surface area contributed by atoms with Crippen LogP contribution < -0.4 is 11.1 Å². The van der Waals surface area contributed by atoms with E-state index in [1.807, 2.05) is 0 Å². The van der Waals surface area contributed by atoms with Crippen LogP contribution in [-0.4, -0.2) is 47.1 Å². The van der Waals surface area contributed by atoms with Crippen molar-refractivity contribution in [2.24, 2.45) is 11.0 Å². The highest BCUT2D eigenvalue weighted by atomic mass is 35.5. The molecule has 98 valence electrons. The Morgan fingerprint density at radius 2 is 2.18 bits per heavy atom. The standard InChI is InChI=1S/C8H15ClN4O4/c9-3-5-13(12-17)8(16)11-4-1-2-6(10)7(14)15/h6H,1-5,10H2,(H,11,16)(H,14,15). The van der Waals surface area contributed by atoms with Crippen molar-refractivity contribution in [3.8, 4) is 0 Å². The van der Waals surface area contributed by atoms with Crippen LogP contribution in [0.15, 0.2) is 5.29 Å². The molecule has 0 aromatic rings. The van der Waals surface area contributed by atoms with E-state index >= 15 is 0 Å². The Balaban J connectivity index is 3.77. The highest BCUT2D eigenvalue weighted by Crippen LogP contribution is 1.95. The van der Waals surface area contributed by atoms with E-state index in [4.69, 9.17) is 22.4 Å². The van der Waals surface area contributed by atoms with Crippen molar-refractivity contribution in [1.29, 1.82) is 0 Å². The van der Waals surface area contributed by atoms with Gasteiger partial charge in [0.2, 0.25) is 0 Å². The van der Waals surface area contributed by atoms with Crippen LogP contribution in [0.25, 0.3) is 0 Å². The minimum absolute atomic E-state index is 0.0194. The summed E-state index contributed by atoms with van der Waals surface area (Å²) in [6, 6.07) is -1.61. The number of halogens is 1. The summed E-state index contributed by atoms with van der Waals surface area (Å²) in [6.45, 7) is 0.236. The molecule has 2 amide bonds. The summed E-state index contributed by atoms with van der Waals surface area (Å²) in [5, 5.41) is 14.0. The summed E-state index contributed by atoms with van der Waals surface area (Å²) in [5.41, 5.74) is 5.26. The molecule has 8 nitrogen and oxygen atoms in total. The Labute approximate surface area is 103 Å². The van der Waals surface area contributed by atoms with Crippen LogP contribution in [0.3, 0.4) is 0 Å². The molecular weight excluding hydrogens is 252 g/mol. The molecule has 1 unspecified atom stereocenters. The third-order valence-corrected chi connectivity index (χ3v) is 2.08. The van der Waals surface area contributed by atoms with Gasteiger partial charge >= 0.3 is 12.0 Å². The number of rotatable bonds is 8. The molecular formula is C8H15ClN4O4. The number of nitrogens with two attached hydrogens (primary N) is 1. The molecule has 0 heterocycles. The largest absolute Gasteiger partial charge is 0.480 e. The molecule has 0 saturated carbocycles. The van der Waals surface area contributed by atoms with Gasteiger partial charge in [0.1, 0.15) is 6.04 Å². The maximum atomic E-state index is 11.3. The van der Waals surface area contributed by atoms with Gasteiger partial charge in [-0.15, -0.1) is 16.5 Å². The van der Waals surface area contributed by atoms with Crippen LogP contribution in [0, 0.1) is 4.91 Å². The zero-order chi connectivity index (χ0) is 13.3. The molecule has 0 rings (SSSR count). The Kier molecular flexibility index (Phi) is 7.99. The third kappa shape index (κ3) is 6.69. The van der Waals surface area contributed by atoms with E-state index in [1.165, 1.54) is 0 Å². The summed E-state index contributed by atoms with van der Waals surface area (Å²) < 4.78 is 0. The predicted octanol–water partition coefficient (Wildman–Crippen LogP) is 0.110. The Morgan fingerprint density at radius 1 is 1.53 bits per heavy atom. The van der Waals surface area contributed by atoms with Crippen molar-refractivity contribution in [2.75, 3.05) is 19.0 Å². The van der Waals surface area contributed by atoms with Gasteiger partial charge < -0.3 is 16.2 Å². The molecule has 0 bridgehead atoms. The van der Waals surface area contributed by atoms with Crippen molar-refractivity contribution in [1.82, 2.24) is 10.3 Å². The van der Waals surface area contributed by atoms with Crippen LogP contribution in [0.1, 0.15) is 12.8 Å². The average molecular weight is 267 g/mol. The second-order valence-corrected chi connectivity index (χ2v) is 3.59. The monoisotopic (exact) mass is 266 g/mol. The van der Waals surface area contributed by atoms with E-state index in [0.717, 1.165) is 0 Å². The van der Waals surface area contributed by atoms with Crippen LogP contribution in [-0.2, 0) is 4.79 Å². The Morgan fingerprint density at radius 3 is 2.65 bits per heavy atom. The number of nitroso groups, excluding NO2 is 1. The normalized spacial score (nSPS) is 11.6. The van der Waals surface area contributed by atoms with Crippen molar-refractivity contribution in [3.63, 3.8) is 0 Å². The second kappa shape index (κ2) is 8.71. The van der Waals surface area contributed by atoms with Crippen molar-refractivity contribution in [3.05, 3.63) is 4.91 Å². The molecule has 0 radical (unpaired) electrons. The number of hydrogen-bond acceptors (Lipinski definition) is 5. The lowest BCUT2D eigenvalue weighted by Crippen LogP contribution is -2.38. The number of carbonyl (C=O) groups is 2. The first-order valence-corrected chi connectivity index (χ1v) is 5.49. The Bertz CT molecular complexity index is 276. The summed E-state index contributed by atoms with van der Waals surface area (Å²) in [7, 11) is 0. The SMILES string of the molecule is NC(CCCNC(=O)N(CCCl)N=O)C(=O)O. The van der Waals surface area contributed by atoms with Crippen LogP contribution in [0.4, 0.5) is 4.79 Å². The van der Waals surface area contributed by atoms with Gasteiger partial charge in [-0.05, 0) is 12.8 Å². The third-order valence-electron chi connectivity index (χ3n) is 1.91. The number of amides is 2. The highest BCUT2D eigenvalue weighted by Gasteiger charge is 2.13. The molecule has 0 aliphatic carbocycles. The maximum absolute atomic E-state index is 11.3. The van der Waals surface area contributed by atoms with Gasteiger partial charge in [-0.3, -0.25) is 4.79 Å². The number of carbonyl (C=O) groups excluding carboxylic acids is 1. The molecule has 0 aromatic heterocycles. The summed E-state index contributed by atoms with van der Waals surface area (Å²) >= 11 is 5.35. The first-order valence-electron chi connectivity index (χ1n) is 4.96. The number of carboxylic acids is 1. The van der Waals surface area contributed by atoms with E-state index in [0.29, 0.717) is 11.4 Å². The lowest BCUT2D eigenvalue weighted by atomic mass is 10.2. The predicted molar refractivity (Wildman–Crippen MR) is 61.5 cm³/mol. The van der Waals surface area contributed by atoms with Crippen LogP contribution in [0.5, 0.6) is 0 Å². The number of aliphatic carboxylic acids is 1. The fourth-order valence-corrected chi connectivity index (χ4v) is 1.15. The lowest BCUT2D eigenvalue weighted by Gasteiger charge is -2.13. The average Bonchev–Trinajstić information content (AvgIpc) is 2.30. The minimum atomic E-state index is -1.09. The molecule has 0 aromatic carbocycles. The first-order chi connectivity index (χ1) is 8.02. The smallest absolute Gasteiger partial charge is 0.340 e. The van der Waals surface area contributed by atoms with Gasteiger partial charge in [-0.1, -0.05) is 0 Å². The number of carboxylic acid groups (broad SMARTS) is 1. The van der Waals surface area contributed by atoms with Gasteiger partial charge in [0, 0.05) is 12.4 Å². The number of alkyl halides is 1. The zero-order valence-corrected chi connectivity index (χ0v) is 9.89. The van der Waals surface area contributed by atoms with Crippen molar-refractivity contribution >= 4 is 23.6 Å². The molecule has 4 N–H and O–H groups in total. The number of nitrogens with zero attached hydrogens (tertiary/aromatic N) is 2. The zero-order valence-electron chi connectivity index (χ0n) is 9.13. The minimum Gasteiger partial charge on any atom is -0.480 e. The van der Waals surface area contributed by atoms with Gasteiger partial charge in [-0.2, -0.15) is 5.01 Å². The number of nitrogens with one attached hydrogen (secondary N) is 1. The topological polar surface area (TPSA) is 125 Å². The number of hydrogen-bond donors (Lipinski definition) is 3. The fraction of sp³-hybridized carbons (Fsp3) is 0.750. The van der Waals surface area contributed by atoms with Gasteiger partial charge in [0.15, 0.2) is 0 Å². The summed E-state index contributed by atoms with van der Waals surface area (Å²) in [5.74, 6) is -0.988.